The van der Waals surface area contributed by atoms with E-state index >= 15 is 0 Å². The number of fused-ring (bicyclic) bond motifs is 1. The van der Waals surface area contributed by atoms with Gasteiger partial charge < -0.3 is 10.2 Å². The van der Waals surface area contributed by atoms with Gasteiger partial charge in [0.2, 0.25) is 0 Å². The molecular weight excluding hydrogens is 226 g/mol. The van der Waals surface area contributed by atoms with E-state index in [1.165, 1.54) is 12.1 Å². The maximum Gasteiger partial charge on any atom is 0.340 e. The summed E-state index contributed by atoms with van der Waals surface area (Å²) >= 11 is 0. The molecule has 0 spiro atoms. The lowest BCUT2D eigenvalue weighted by molar-refractivity contribution is -0.385. The van der Waals surface area contributed by atoms with Crippen molar-refractivity contribution >= 4 is 11.7 Å². The van der Waals surface area contributed by atoms with Crippen molar-refractivity contribution in [2.45, 2.75) is 24.9 Å². The van der Waals surface area contributed by atoms with Gasteiger partial charge in [-0.3, -0.25) is 10.1 Å². The number of carbonyl (C=O) groups is 1. The molecule has 1 aromatic rings. The van der Waals surface area contributed by atoms with Crippen LogP contribution in [0.15, 0.2) is 18.2 Å². The summed E-state index contributed by atoms with van der Waals surface area (Å²) in [5.74, 6) is -1.36. The summed E-state index contributed by atoms with van der Waals surface area (Å²) in [4.78, 5) is 21.1. The van der Waals surface area contributed by atoms with Crippen molar-refractivity contribution in [1.82, 2.24) is 0 Å². The molecule has 1 aliphatic rings. The predicted molar refractivity (Wildman–Crippen MR) is 57.6 cm³/mol. The Balaban J connectivity index is 2.59. The van der Waals surface area contributed by atoms with E-state index in [2.05, 4.69) is 0 Å². The molecule has 0 saturated carbocycles. The number of non-ortho nitro benzene ring substituents is 1. The van der Waals surface area contributed by atoms with Gasteiger partial charge in [-0.1, -0.05) is 6.07 Å². The minimum atomic E-state index is -2.00. The number of benzene rings is 1. The molecule has 1 atom stereocenters. The topological polar surface area (TPSA) is 101 Å². The van der Waals surface area contributed by atoms with Crippen LogP contribution in [0, 0.1) is 10.1 Å². The van der Waals surface area contributed by atoms with Crippen LogP contribution < -0.4 is 0 Å². The SMILES string of the molecule is O=C(O)C1(O)CCCc2ccc([N+](=O)[O-])cc21. The second-order valence-corrected chi connectivity index (χ2v) is 4.12. The molecule has 0 saturated heterocycles. The molecule has 2 rings (SSSR count). The molecule has 1 aromatic carbocycles. The number of aliphatic hydroxyl groups is 1. The van der Waals surface area contributed by atoms with Crippen LogP contribution in [0.4, 0.5) is 5.69 Å². The monoisotopic (exact) mass is 237 g/mol. The van der Waals surface area contributed by atoms with Gasteiger partial charge in [0.1, 0.15) is 0 Å². The molecule has 2 N–H and O–H groups in total. The molecular formula is C11H11NO5. The number of nitrogens with zero attached hydrogens (tertiary/aromatic N) is 1. The second-order valence-electron chi connectivity index (χ2n) is 4.12. The third-order valence-electron chi connectivity index (χ3n) is 3.09. The summed E-state index contributed by atoms with van der Waals surface area (Å²) in [5.41, 5.74) is -1.40. The van der Waals surface area contributed by atoms with Crippen molar-refractivity contribution < 1.29 is 19.9 Å². The Bertz CT molecular complexity index is 499. The summed E-state index contributed by atoms with van der Waals surface area (Å²) in [7, 11) is 0. The average molecular weight is 237 g/mol. The van der Waals surface area contributed by atoms with Gasteiger partial charge in [0.15, 0.2) is 5.60 Å². The van der Waals surface area contributed by atoms with Crippen molar-refractivity contribution in [3.8, 4) is 0 Å². The normalized spacial score (nSPS) is 22.9. The van der Waals surface area contributed by atoms with Gasteiger partial charge in [-0.05, 0) is 24.8 Å². The quantitative estimate of drug-likeness (QED) is 0.594. The van der Waals surface area contributed by atoms with Gasteiger partial charge in [0, 0.05) is 17.7 Å². The zero-order valence-electron chi connectivity index (χ0n) is 8.92. The summed E-state index contributed by atoms with van der Waals surface area (Å²) in [6.07, 6.45) is 1.26. The molecule has 0 heterocycles. The summed E-state index contributed by atoms with van der Waals surface area (Å²) < 4.78 is 0. The summed E-state index contributed by atoms with van der Waals surface area (Å²) in [5, 5.41) is 29.8. The minimum Gasteiger partial charge on any atom is -0.479 e. The first kappa shape index (κ1) is 11.5. The molecule has 0 aliphatic heterocycles. The lowest BCUT2D eigenvalue weighted by Gasteiger charge is -2.30. The van der Waals surface area contributed by atoms with Gasteiger partial charge in [0.25, 0.3) is 5.69 Å². The lowest BCUT2D eigenvalue weighted by atomic mass is 9.79. The highest BCUT2D eigenvalue weighted by molar-refractivity contribution is 5.80. The predicted octanol–water partition coefficient (Wildman–Crippen LogP) is 1.20. The fourth-order valence-corrected chi connectivity index (χ4v) is 2.17. The largest absolute Gasteiger partial charge is 0.479 e. The molecule has 6 nitrogen and oxygen atoms in total. The number of carboxylic acid groups (broad SMARTS) is 1. The molecule has 6 heteroatoms. The van der Waals surface area contributed by atoms with Crippen LogP contribution in [0.2, 0.25) is 0 Å². The molecule has 1 unspecified atom stereocenters. The molecule has 0 aromatic heterocycles. The minimum absolute atomic E-state index is 0.0799. The number of hydrogen-bond donors (Lipinski definition) is 2. The van der Waals surface area contributed by atoms with Crippen LogP contribution in [0.3, 0.4) is 0 Å². The maximum atomic E-state index is 11.1. The van der Waals surface area contributed by atoms with Crippen molar-refractivity contribution in [3.63, 3.8) is 0 Å². The zero-order valence-corrected chi connectivity index (χ0v) is 8.92. The number of hydrogen-bond acceptors (Lipinski definition) is 4. The van der Waals surface area contributed by atoms with Crippen molar-refractivity contribution in [1.29, 1.82) is 0 Å². The fraction of sp³-hybridized carbons (Fsp3) is 0.364. The Hall–Kier alpha value is -1.95. The second kappa shape index (κ2) is 3.81. The Morgan fingerprint density at radius 1 is 1.47 bits per heavy atom. The van der Waals surface area contributed by atoms with Crippen molar-refractivity contribution in [3.05, 3.63) is 39.4 Å². The van der Waals surface area contributed by atoms with Crippen LogP contribution >= 0.6 is 0 Å². The first-order valence-corrected chi connectivity index (χ1v) is 5.19. The van der Waals surface area contributed by atoms with Crippen LogP contribution in [0.1, 0.15) is 24.0 Å². The fourth-order valence-electron chi connectivity index (χ4n) is 2.17. The Morgan fingerprint density at radius 3 is 2.76 bits per heavy atom. The molecule has 17 heavy (non-hydrogen) atoms. The lowest BCUT2D eigenvalue weighted by Crippen LogP contribution is -2.38. The van der Waals surface area contributed by atoms with E-state index in [4.69, 9.17) is 5.11 Å². The Kier molecular flexibility index (Phi) is 2.59. The van der Waals surface area contributed by atoms with Crippen molar-refractivity contribution in [2.24, 2.45) is 0 Å². The third kappa shape index (κ3) is 1.76. The molecule has 1 aliphatic carbocycles. The number of nitro benzene ring substituents is 1. The van der Waals surface area contributed by atoms with E-state index in [-0.39, 0.29) is 17.7 Å². The van der Waals surface area contributed by atoms with Gasteiger partial charge in [-0.25, -0.2) is 4.79 Å². The average Bonchev–Trinajstić information content (AvgIpc) is 2.28. The van der Waals surface area contributed by atoms with E-state index < -0.39 is 16.5 Å². The molecule has 0 amide bonds. The molecule has 0 radical (unpaired) electrons. The van der Waals surface area contributed by atoms with Crippen LogP contribution in [-0.2, 0) is 16.8 Å². The Morgan fingerprint density at radius 2 is 2.18 bits per heavy atom. The first-order chi connectivity index (χ1) is 7.95. The van der Waals surface area contributed by atoms with E-state index in [1.807, 2.05) is 0 Å². The van der Waals surface area contributed by atoms with Crippen LogP contribution in [-0.4, -0.2) is 21.1 Å². The van der Waals surface area contributed by atoms with Crippen LogP contribution in [0.25, 0.3) is 0 Å². The highest BCUT2D eigenvalue weighted by atomic mass is 16.6. The Labute approximate surface area is 96.7 Å². The van der Waals surface area contributed by atoms with E-state index in [0.717, 1.165) is 6.07 Å². The van der Waals surface area contributed by atoms with Crippen molar-refractivity contribution in [2.75, 3.05) is 0 Å². The summed E-state index contributed by atoms with van der Waals surface area (Å²) in [6.45, 7) is 0. The third-order valence-corrected chi connectivity index (χ3v) is 3.09. The number of aliphatic carboxylic acids is 1. The molecule has 0 fully saturated rings. The standard InChI is InChI=1S/C11H11NO5/c13-10(14)11(15)5-1-2-7-3-4-8(12(16)17)6-9(7)11/h3-4,6,15H,1-2,5H2,(H,13,14). The van der Waals surface area contributed by atoms with Gasteiger partial charge in [-0.2, -0.15) is 0 Å². The smallest absolute Gasteiger partial charge is 0.340 e. The maximum absolute atomic E-state index is 11.1. The number of nitro groups is 1. The number of carboxylic acids is 1. The van der Waals surface area contributed by atoms with Gasteiger partial charge in [-0.15, -0.1) is 0 Å². The molecule has 0 bridgehead atoms. The molecule has 90 valence electrons. The highest BCUT2D eigenvalue weighted by Gasteiger charge is 2.42. The van der Waals surface area contributed by atoms with E-state index in [0.29, 0.717) is 18.4 Å². The number of rotatable bonds is 2. The zero-order chi connectivity index (χ0) is 12.6. The van der Waals surface area contributed by atoms with Gasteiger partial charge >= 0.3 is 5.97 Å². The van der Waals surface area contributed by atoms with E-state index in [9.17, 15) is 20.0 Å². The van der Waals surface area contributed by atoms with Gasteiger partial charge in [0.05, 0.1) is 4.92 Å². The first-order valence-electron chi connectivity index (χ1n) is 5.19. The highest BCUT2D eigenvalue weighted by Crippen LogP contribution is 2.37. The van der Waals surface area contributed by atoms with Crippen LogP contribution in [0.5, 0.6) is 0 Å². The summed E-state index contributed by atoms with van der Waals surface area (Å²) in [6, 6.07) is 4.00. The number of aryl methyl sites for hydroxylation is 1. The van der Waals surface area contributed by atoms with E-state index in [1.54, 1.807) is 0 Å².